The zero-order valence-electron chi connectivity index (χ0n) is 20.4. The second-order valence-corrected chi connectivity index (χ2v) is 9.73. The molecule has 7 heteroatoms. The molecule has 1 unspecified atom stereocenters. The average Bonchev–Trinajstić information content (AvgIpc) is 2.91. The largest absolute Gasteiger partial charge is 0.497 e. The number of nitrogens with zero attached hydrogens (tertiary/aromatic N) is 2. The second-order valence-electron chi connectivity index (χ2n) is 8.56. The first-order chi connectivity index (χ1) is 17.6. The molecule has 1 N–H and O–H groups in total. The summed E-state index contributed by atoms with van der Waals surface area (Å²) >= 11 is 1.36. The van der Waals surface area contributed by atoms with E-state index in [1.807, 2.05) is 72.8 Å². The van der Waals surface area contributed by atoms with Gasteiger partial charge in [0.25, 0.3) is 0 Å². The Kier molecular flexibility index (Phi) is 9.16. The molecule has 1 aliphatic heterocycles. The van der Waals surface area contributed by atoms with E-state index in [9.17, 15) is 9.59 Å². The maximum absolute atomic E-state index is 13.2. The molecular weight excluding hydrogens is 470 g/mol. The van der Waals surface area contributed by atoms with Crippen molar-refractivity contribution in [1.82, 2.24) is 10.2 Å². The molecule has 6 nitrogen and oxygen atoms in total. The standard InChI is InChI=1S/C29H31N3O3S/c1-35-25-16-14-24(15-17-25)31-29-32(20-8-13-22-9-4-2-5-10-22)27(33)21-26(36-29)28(34)30-19-18-23-11-6-3-7-12-23/h2-7,9-12,14-17,26H,8,13,18-21H2,1H3,(H,30,34). The van der Waals surface area contributed by atoms with Crippen molar-refractivity contribution in [2.45, 2.75) is 30.9 Å². The summed E-state index contributed by atoms with van der Waals surface area (Å²) in [5.74, 6) is 0.537. The van der Waals surface area contributed by atoms with Crippen molar-refractivity contribution in [2.75, 3.05) is 20.2 Å². The summed E-state index contributed by atoms with van der Waals surface area (Å²) in [6.45, 7) is 1.08. The topological polar surface area (TPSA) is 71.0 Å². The highest BCUT2D eigenvalue weighted by atomic mass is 32.2. The van der Waals surface area contributed by atoms with Crippen LogP contribution in [0.1, 0.15) is 24.0 Å². The molecule has 0 aromatic heterocycles. The molecule has 1 fully saturated rings. The number of hydrogen-bond acceptors (Lipinski definition) is 5. The Morgan fingerprint density at radius 1 is 0.972 bits per heavy atom. The molecule has 2 amide bonds. The highest BCUT2D eigenvalue weighted by Gasteiger charge is 2.35. The van der Waals surface area contributed by atoms with Crippen LogP contribution in [0.3, 0.4) is 0 Å². The fraction of sp³-hybridized carbons (Fsp3) is 0.276. The minimum atomic E-state index is -0.504. The predicted octanol–water partition coefficient (Wildman–Crippen LogP) is 5.01. The molecule has 186 valence electrons. The van der Waals surface area contributed by atoms with Gasteiger partial charge in [0, 0.05) is 19.5 Å². The van der Waals surface area contributed by atoms with Crippen molar-refractivity contribution in [3.8, 4) is 5.75 Å². The van der Waals surface area contributed by atoms with Gasteiger partial charge in [-0.15, -0.1) is 0 Å². The molecule has 0 spiro atoms. The zero-order chi connectivity index (χ0) is 25.2. The van der Waals surface area contributed by atoms with E-state index in [0.717, 1.165) is 30.6 Å². The molecular formula is C29H31N3O3S. The number of ether oxygens (including phenoxy) is 1. The van der Waals surface area contributed by atoms with Gasteiger partial charge in [-0.05, 0) is 54.7 Å². The Bertz CT molecular complexity index is 1170. The van der Waals surface area contributed by atoms with Crippen LogP contribution in [0.2, 0.25) is 0 Å². The van der Waals surface area contributed by atoms with Gasteiger partial charge in [-0.3, -0.25) is 14.5 Å². The molecule has 1 aliphatic rings. The number of amidine groups is 1. The van der Waals surface area contributed by atoms with Crippen LogP contribution in [-0.4, -0.2) is 47.3 Å². The first-order valence-electron chi connectivity index (χ1n) is 12.2. The fourth-order valence-corrected chi connectivity index (χ4v) is 5.15. The van der Waals surface area contributed by atoms with Gasteiger partial charge in [-0.2, -0.15) is 0 Å². The number of carbonyl (C=O) groups is 2. The van der Waals surface area contributed by atoms with E-state index < -0.39 is 5.25 Å². The smallest absolute Gasteiger partial charge is 0.234 e. The Morgan fingerprint density at radius 2 is 1.61 bits per heavy atom. The molecule has 1 heterocycles. The number of benzene rings is 3. The molecule has 1 atom stereocenters. The lowest BCUT2D eigenvalue weighted by Crippen LogP contribution is -2.47. The van der Waals surface area contributed by atoms with E-state index in [2.05, 4.69) is 17.4 Å². The first kappa shape index (κ1) is 25.5. The first-order valence-corrected chi connectivity index (χ1v) is 13.1. The molecule has 3 aromatic carbocycles. The quantitative estimate of drug-likeness (QED) is 0.424. The summed E-state index contributed by atoms with van der Waals surface area (Å²) in [5.41, 5.74) is 3.11. The predicted molar refractivity (Wildman–Crippen MR) is 146 cm³/mol. The van der Waals surface area contributed by atoms with E-state index in [-0.39, 0.29) is 18.2 Å². The summed E-state index contributed by atoms with van der Waals surface area (Å²) < 4.78 is 5.24. The van der Waals surface area contributed by atoms with Crippen LogP contribution in [0.25, 0.3) is 0 Å². The van der Waals surface area contributed by atoms with Crippen molar-refractivity contribution >= 4 is 34.4 Å². The molecule has 0 aliphatic carbocycles. The Hall–Kier alpha value is -3.58. The van der Waals surface area contributed by atoms with Crippen LogP contribution < -0.4 is 10.1 Å². The SMILES string of the molecule is COc1ccc(N=C2SC(C(=O)NCCc3ccccc3)CC(=O)N2CCCc2ccccc2)cc1. The van der Waals surface area contributed by atoms with Crippen molar-refractivity contribution < 1.29 is 14.3 Å². The fourth-order valence-electron chi connectivity index (χ4n) is 4.00. The van der Waals surface area contributed by atoms with Crippen LogP contribution in [0, 0.1) is 0 Å². The summed E-state index contributed by atoms with van der Waals surface area (Å²) in [7, 11) is 1.62. The molecule has 0 bridgehead atoms. The number of aliphatic imine (C=N–C) groups is 1. The number of carbonyl (C=O) groups excluding carboxylic acids is 2. The normalized spacial score (nSPS) is 16.7. The highest BCUT2D eigenvalue weighted by molar-refractivity contribution is 8.15. The lowest BCUT2D eigenvalue weighted by Gasteiger charge is -2.32. The number of amides is 2. The summed E-state index contributed by atoms with van der Waals surface area (Å²) in [5, 5.41) is 3.06. The van der Waals surface area contributed by atoms with E-state index >= 15 is 0 Å². The molecule has 0 saturated carbocycles. The van der Waals surface area contributed by atoms with E-state index in [1.165, 1.54) is 17.3 Å². The van der Waals surface area contributed by atoms with Gasteiger partial charge >= 0.3 is 0 Å². The van der Waals surface area contributed by atoms with Gasteiger partial charge in [0.2, 0.25) is 11.8 Å². The molecule has 0 radical (unpaired) electrons. The summed E-state index contributed by atoms with van der Waals surface area (Å²) in [6.07, 6.45) is 2.59. The number of rotatable bonds is 10. The van der Waals surface area contributed by atoms with Gasteiger partial charge in [-0.1, -0.05) is 72.4 Å². The van der Waals surface area contributed by atoms with Gasteiger partial charge in [0.1, 0.15) is 5.75 Å². The number of methoxy groups -OCH3 is 1. The molecule has 1 saturated heterocycles. The lowest BCUT2D eigenvalue weighted by atomic mass is 10.1. The van der Waals surface area contributed by atoms with E-state index in [0.29, 0.717) is 23.9 Å². The van der Waals surface area contributed by atoms with Crippen LogP contribution in [0.15, 0.2) is 89.9 Å². The molecule has 4 rings (SSSR count). The number of hydrogen-bond donors (Lipinski definition) is 1. The minimum Gasteiger partial charge on any atom is -0.497 e. The number of thioether (sulfide) groups is 1. The van der Waals surface area contributed by atoms with Crippen molar-refractivity contribution in [2.24, 2.45) is 4.99 Å². The average molecular weight is 502 g/mol. The number of aryl methyl sites for hydroxylation is 1. The minimum absolute atomic E-state index is 0.0720. The van der Waals surface area contributed by atoms with Crippen LogP contribution in [0.5, 0.6) is 5.75 Å². The third-order valence-electron chi connectivity index (χ3n) is 5.97. The van der Waals surface area contributed by atoms with Gasteiger partial charge in [0.15, 0.2) is 5.17 Å². The van der Waals surface area contributed by atoms with Crippen molar-refractivity contribution in [1.29, 1.82) is 0 Å². The Morgan fingerprint density at radius 3 is 2.25 bits per heavy atom. The summed E-state index contributed by atoms with van der Waals surface area (Å²) in [6, 6.07) is 27.6. The third-order valence-corrected chi connectivity index (χ3v) is 7.16. The second kappa shape index (κ2) is 12.9. The maximum Gasteiger partial charge on any atom is 0.234 e. The Labute approximate surface area is 216 Å². The summed E-state index contributed by atoms with van der Waals surface area (Å²) in [4.78, 5) is 32.6. The maximum atomic E-state index is 13.2. The molecule has 36 heavy (non-hydrogen) atoms. The lowest BCUT2D eigenvalue weighted by molar-refractivity contribution is -0.130. The third kappa shape index (κ3) is 7.21. The van der Waals surface area contributed by atoms with E-state index in [4.69, 9.17) is 9.73 Å². The highest BCUT2D eigenvalue weighted by Crippen LogP contribution is 2.30. The van der Waals surface area contributed by atoms with Crippen molar-refractivity contribution in [3.05, 3.63) is 96.1 Å². The van der Waals surface area contributed by atoms with Gasteiger partial charge in [-0.25, -0.2) is 4.99 Å². The van der Waals surface area contributed by atoms with Crippen LogP contribution in [0.4, 0.5) is 5.69 Å². The van der Waals surface area contributed by atoms with Crippen molar-refractivity contribution in [3.63, 3.8) is 0 Å². The van der Waals surface area contributed by atoms with Gasteiger partial charge < -0.3 is 10.1 Å². The monoisotopic (exact) mass is 501 g/mol. The zero-order valence-corrected chi connectivity index (χ0v) is 21.2. The molecule has 3 aromatic rings. The number of nitrogens with one attached hydrogen (secondary N) is 1. The van der Waals surface area contributed by atoms with Crippen LogP contribution in [-0.2, 0) is 22.4 Å². The van der Waals surface area contributed by atoms with E-state index in [1.54, 1.807) is 12.0 Å². The van der Waals surface area contributed by atoms with Crippen LogP contribution >= 0.6 is 11.8 Å². The van der Waals surface area contributed by atoms with Gasteiger partial charge in [0.05, 0.1) is 18.0 Å². The Balaban J connectivity index is 1.43.